The van der Waals surface area contributed by atoms with Gasteiger partial charge in [-0.05, 0) is 36.8 Å². The summed E-state index contributed by atoms with van der Waals surface area (Å²) in [6, 6.07) is 15.4. The molecule has 6 nitrogen and oxygen atoms in total. The molecular weight excluding hydrogens is 359 g/mol. The lowest BCUT2D eigenvalue weighted by atomic mass is 10.2. The molecule has 0 radical (unpaired) electrons. The van der Waals surface area contributed by atoms with Gasteiger partial charge in [-0.15, -0.1) is 0 Å². The summed E-state index contributed by atoms with van der Waals surface area (Å²) in [5.41, 5.74) is 2.05. The van der Waals surface area contributed by atoms with E-state index >= 15 is 0 Å². The van der Waals surface area contributed by atoms with Gasteiger partial charge >= 0.3 is 0 Å². The summed E-state index contributed by atoms with van der Waals surface area (Å²) < 4.78 is 14.5. The Morgan fingerprint density at radius 1 is 1.11 bits per heavy atom. The van der Waals surface area contributed by atoms with Crippen LogP contribution in [0.25, 0.3) is 5.69 Å². The first-order valence-corrected chi connectivity index (χ1v) is 8.97. The lowest BCUT2D eigenvalue weighted by Crippen LogP contribution is -2.40. The molecule has 3 rings (SSSR count). The van der Waals surface area contributed by atoms with Gasteiger partial charge in [0.2, 0.25) is 5.91 Å². The van der Waals surface area contributed by atoms with Crippen molar-refractivity contribution in [2.45, 2.75) is 13.5 Å². The Morgan fingerprint density at radius 3 is 2.50 bits per heavy atom. The summed E-state index contributed by atoms with van der Waals surface area (Å²) in [5.74, 6) is -0.870. The van der Waals surface area contributed by atoms with Gasteiger partial charge in [-0.2, -0.15) is 5.10 Å². The van der Waals surface area contributed by atoms with Gasteiger partial charge in [0.15, 0.2) is 0 Å². The van der Waals surface area contributed by atoms with E-state index in [1.54, 1.807) is 23.0 Å². The highest BCUT2D eigenvalue weighted by Gasteiger charge is 2.19. The Hall–Kier alpha value is -3.48. The number of rotatable bonds is 7. The second-order valence-corrected chi connectivity index (χ2v) is 6.23. The first-order valence-electron chi connectivity index (χ1n) is 8.97. The summed E-state index contributed by atoms with van der Waals surface area (Å²) in [4.78, 5) is 26.4. The predicted octanol–water partition coefficient (Wildman–Crippen LogP) is 2.79. The topological polar surface area (TPSA) is 67.2 Å². The number of halogens is 1. The zero-order chi connectivity index (χ0) is 19.9. The van der Waals surface area contributed by atoms with Crippen LogP contribution in [-0.4, -0.2) is 39.6 Å². The Labute approximate surface area is 162 Å². The van der Waals surface area contributed by atoms with E-state index in [-0.39, 0.29) is 30.7 Å². The Morgan fingerprint density at radius 2 is 1.82 bits per heavy atom. The van der Waals surface area contributed by atoms with E-state index in [0.717, 1.165) is 11.3 Å². The third-order valence-corrected chi connectivity index (χ3v) is 4.26. The molecule has 2 aromatic carbocycles. The summed E-state index contributed by atoms with van der Waals surface area (Å²) in [6.45, 7) is 2.41. The molecule has 0 spiro atoms. The lowest BCUT2D eigenvalue weighted by molar-refractivity contribution is -0.121. The molecule has 1 N–H and O–H groups in total. The van der Waals surface area contributed by atoms with E-state index in [2.05, 4.69) is 10.4 Å². The summed E-state index contributed by atoms with van der Waals surface area (Å²) in [7, 11) is 0. The van der Waals surface area contributed by atoms with Gasteiger partial charge in [-0.3, -0.25) is 9.59 Å². The van der Waals surface area contributed by atoms with Crippen molar-refractivity contribution in [1.29, 1.82) is 0 Å². The quantitative estimate of drug-likeness (QED) is 0.685. The van der Waals surface area contributed by atoms with E-state index in [1.165, 1.54) is 23.2 Å². The summed E-state index contributed by atoms with van der Waals surface area (Å²) >= 11 is 0. The number of aromatic nitrogens is 2. The number of hydrogen-bond donors (Lipinski definition) is 1. The lowest BCUT2D eigenvalue weighted by Gasteiger charge is -2.19. The van der Waals surface area contributed by atoms with Gasteiger partial charge < -0.3 is 10.2 Å². The van der Waals surface area contributed by atoms with Gasteiger partial charge in [0.05, 0.1) is 24.0 Å². The number of carbonyl (C=O) groups excluding carboxylic acids is 2. The van der Waals surface area contributed by atoms with Crippen molar-refractivity contribution < 1.29 is 14.0 Å². The van der Waals surface area contributed by atoms with Gasteiger partial charge in [0.1, 0.15) is 5.82 Å². The predicted molar refractivity (Wildman–Crippen MR) is 103 cm³/mol. The van der Waals surface area contributed by atoms with E-state index in [4.69, 9.17) is 0 Å². The first kappa shape index (κ1) is 19.3. The van der Waals surface area contributed by atoms with Crippen LogP contribution in [0, 0.1) is 5.82 Å². The summed E-state index contributed by atoms with van der Waals surface area (Å²) in [6.07, 6.45) is 3.14. The molecule has 0 atom stereocenters. The monoisotopic (exact) mass is 380 g/mol. The van der Waals surface area contributed by atoms with Crippen LogP contribution in [0.1, 0.15) is 22.8 Å². The molecule has 2 amide bonds. The Kier molecular flexibility index (Phi) is 6.16. The van der Waals surface area contributed by atoms with Crippen LogP contribution in [0.2, 0.25) is 0 Å². The molecule has 0 fully saturated rings. The minimum atomic E-state index is -0.325. The fraction of sp³-hybridized carbons (Fsp3) is 0.190. The standard InChI is InChI=1S/C21H21FN4O2/c1-2-25(15-20(27)23-12-16-8-10-18(22)11-9-16)21(28)17-13-24-26(14-17)19-6-4-3-5-7-19/h3-11,13-14H,2,12,15H2,1H3,(H,23,27). The molecule has 1 aromatic heterocycles. The Bertz CT molecular complexity index is 939. The van der Waals surface area contributed by atoms with Crippen LogP contribution in [0.4, 0.5) is 4.39 Å². The van der Waals surface area contributed by atoms with Gasteiger partial charge in [-0.25, -0.2) is 9.07 Å². The smallest absolute Gasteiger partial charge is 0.257 e. The largest absolute Gasteiger partial charge is 0.350 e. The van der Waals surface area contributed by atoms with E-state index in [9.17, 15) is 14.0 Å². The highest BCUT2D eigenvalue weighted by molar-refractivity contribution is 5.96. The first-order chi connectivity index (χ1) is 13.6. The molecule has 3 aromatic rings. The molecule has 144 valence electrons. The van der Waals surface area contributed by atoms with Crippen LogP contribution in [0.15, 0.2) is 67.0 Å². The van der Waals surface area contributed by atoms with Crippen LogP contribution in [0.3, 0.4) is 0 Å². The van der Waals surface area contributed by atoms with Crippen molar-refractivity contribution >= 4 is 11.8 Å². The fourth-order valence-corrected chi connectivity index (χ4v) is 2.70. The average Bonchev–Trinajstić information content (AvgIpc) is 3.22. The molecule has 28 heavy (non-hydrogen) atoms. The van der Waals surface area contributed by atoms with Crippen molar-refractivity contribution in [3.05, 3.63) is 83.9 Å². The Balaban J connectivity index is 1.59. The molecule has 0 saturated carbocycles. The number of likely N-dealkylation sites (N-methyl/N-ethyl adjacent to an activating group) is 1. The number of carbonyl (C=O) groups is 2. The van der Waals surface area contributed by atoms with Crippen molar-refractivity contribution in [3.63, 3.8) is 0 Å². The highest BCUT2D eigenvalue weighted by Crippen LogP contribution is 2.10. The van der Waals surface area contributed by atoms with E-state index < -0.39 is 0 Å². The fourth-order valence-electron chi connectivity index (χ4n) is 2.70. The molecule has 1 heterocycles. The van der Waals surface area contributed by atoms with Gasteiger partial charge in [-0.1, -0.05) is 30.3 Å². The maximum Gasteiger partial charge on any atom is 0.257 e. The second kappa shape index (κ2) is 8.94. The molecule has 0 saturated heterocycles. The zero-order valence-electron chi connectivity index (χ0n) is 15.5. The highest BCUT2D eigenvalue weighted by atomic mass is 19.1. The molecule has 0 bridgehead atoms. The number of hydrogen-bond acceptors (Lipinski definition) is 3. The van der Waals surface area contributed by atoms with E-state index in [1.807, 2.05) is 37.3 Å². The van der Waals surface area contributed by atoms with E-state index in [0.29, 0.717) is 12.1 Å². The molecule has 7 heteroatoms. The number of amides is 2. The van der Waals surface area contributed by atoms with Crippen LogP contribution < -0.4 is 5.32 Å². The van der Waals surface area contributed by atoms with Gasteiger partial charge in [0, 0.05) is 19.3 Å². The maximum absolute atomic E-state index is 12.9. The second-order valence-electron chi connectivity index (χ2n) is 6.23. The molecule has 0 aliphatic rings. The van der Waals surface area contributed by atoms with Gasteiger partial charge in [0.25, 0.3) is 5.91 Å². The van der Waals surface area contributed by atoms with Crippen LogP contribution >= 0.6 is 0 Å². The molecule has 0 unspecified atom stereocenters. The molecule has 0 aliphatic heterocycles. The third-order valence-electron chi connectivity index (χ3n) is 4.26. The minimum Gasteiger partial charge on any atom is -0.350 e. The zero-order valence-corrected chi connectivity index (χ0v) is 15.5. The number of nitrogens with zero attached hydrogens (tertiary/aromatic N) is 3. The SMILES string of the molecule is CCN(CC(=O)NCc1ccc(F)cc1)C(=O)c1cnn(-c2ccccc2)c1. The molecule has 0 aliphatic carbocycles. The number of benzene rings is 2. The minimum absolute atomic E-state index is 0.0625. The van der Waals surface area contributed by atoms with Crippen molar-refractivity contribution in [1.82, 2.24) is 20.0 Å². The third kappa shape index (κ3) is 4.82. The molecular formula is C21H21FN4O2. The van der Waals surface area contributed by atoms with Crippen molar-refractivity contribution in [2.24, 2.45) is 0 Å². The van der Waals surface area contributed by atoms with Crippen LogP contribution in [0.5, 0.6) is 0 Å². The van der Waals surface area contributed by atoms with Crippen molar-refractivity contribution in [2.75, 3.05) is 13.1 Å². The normalized spacial score (nSPS) is 10.5. The van der Waals surface area contributed by atoms with Crippen LogP contribution in [-0.2, 0) is 11.3 Å². The number of para-hydroxylation sites is 1. The summed E-state index contributed by atoms with van der Waals surface area (Å²) in [5, 5.41) is 6.97. The van der Waals surface area contributed by atoms with Crippen molar-refractivity contribution in [3.8, 4) is 5.69 Å². The maximum atomic E-state index is 12.9. The number of nitrogens with one attached hydrogen (secondary N) is 1. The average molecular weight is 380 g/mol.